The van der Waals surface area contributed by atoms with Crippen LogP contribution in [0.2, 0.25) is 0 Å². The van der Waals surface area contributed by atoms with E-state index in [2.05, 4.69) is 31.5 Å². The number of piperidine rings is 1. The first-order valence-electron chi connectivity index (χ1n) is 9.56. The van der Waals surface area contributed by atoms with Crippen LogP contribution in [-0.2, 0) is 9.59 Å². The van der Waals surface area contributed by atoms with Crippen LogP contribution in [0.1, 0.15) is 37.7 Å². The maximum absolute atomic E-state index is 12.2. The third-order valence-electron chi connectivity index (χ3n) is 5.65. The van der Waals surface area contributed by atoms with Crippen LogP contribution in [0.4, 0.5) is 5.69 Å². The van der Waals surface area contributed by atoms with E-state index in [1.165, 1.54) is 32.1 Å². The Kier molecular flexibility index (Phi) is 6.70. The summed E-state index contributed by atoms with van der Waals surface area (Å²) < 4.78 is 0.975. The molecule has 1 saturated heterocycles. The molecule has 3 rings (SSSR count). The Balaban J connectivity index is 1.40. The van der Waals surface area contributed by atoms with Gasteiger partial charge in [-0.3, -0.25) is 14.5 Å². The first-order chi connectivity index (χ1) is 12.5. The Bertz CT molecular complexity index is 664. The minimum absolute atomic E-state index is 0.00817. The molecule has 6 heteroatoms. The summed E-state index contributed by atoms with van der Waals surface area (Å²) in [6, 6.07) is 5.69. The number of amides is 2. The van der Waals surface area contributed by atoms with Gasteiger partial charge in [0.15, 0.2) is 0 Å². The molecule has 26 heavy (non-hydrogen) atoms. The molecule has 2 atom stereocenters. The molecule has 2 N–H and O–H groups in total. The standard InChI is InChI=1S/C20H28BrN3O2/c1-14-10-17(21)6-7-18(14)23-19(25)11-22-20(26)13-24-9-8-15-4-2-3-5-16(15)12-24/h6-7,10,15-16H,2-5,8-9,11-13H2,1H3,(H,22,26)(H,23,25)/t15-,16+/m0/s1. The van der Waals surface area contributed by atoms with Crippen molar-refractivity contribution < 1.29 is 9.59 Å². The molecule has 1 aromatic carbocycles. The molecule has 142 valence electrons. The maximum Gasteiger partial charge on any atom is 0.243 e. The van der Waals surface area contributed by atoms with Gasteiger partial charge in [-0.1, -0.05) is 35.2 Å². The first kappa shape index (κ1) is 19.4. The predicted octanol–water partition coefficient (Wildman–Crippen LogP) is 3.32. The zero-order valence-electron chi connectivity index (χ0n) is 15.4. The molecule has 0 aromatic heterocycles. The van der Waals surface area contributed by atoms with Crippen molar-refractivity contribution in [3.63, 3.8) is 0 Å². The predicted molar refractivity (Wildman–Crippen MR) is 107 cm³/mol. The minimum atomic E-state index is -0.199. The van der Waals surface area contributed by atoms with Gasteiger partial charge in [-0.25, -0.2) is 0 Å². The number of fused-ring (bicyclic) bond motifs is 1. The topological polar surface area (TPSA) is 61.4 Å². The molecule has 1 aliphatic heterocycles. The normalized spacial score (nSPS) is 23.2. The van der Waals surface area contributed by atoms with Crippen molar-refractivity contribution in [1.29, 1.82) is 0 Å². The van der Waals surface area contributed by atoms with E-state index in [0.717, 1.165) is 40.6 Å². The number of rotatable bonds is 5. The first-order valence-corrected chi connectivity index (χ1v) is 10.4. The average molecular weight is 422 g/mol. The molecule has 1 aromatic rings. The van der Waals surface area contributed by atoms with Gasteiger partial charge in [0, 0.05) is 16.7 Å². The molecule has 5 nitrogen and oxygen atoms in total. The lowest BCUT2D eigenvalue weighted by atomic mass is 9.75. The number of carbonyl (C=O) groups is 2. The van der Waals surface area contributed by atoms with Gasteiger partial charge >= 0.3 is 0 Å². The summed E-state index contributed by atoms with van der Waals surface area (Å²) in [4.78, 5) is 26.5. The third-order valence-corrected chi connectivity index (χ3v) is 6.14. The van der Waals surface area contributed by atoms with Gasteiger partial charge in [-0.2, -0.15) is 0 Å². The van der Waals surface area contributed by atoms with E-state index in [0.29, 0.717) is 6.54 Å². The number of benzene rings is 1. The Hall–Kier alpha value is -1.40. The molecule has 1 saturated carbocycles. The lowest BCUT2D eigenvalue weighted by Crippen LogP contribution is -2.47. The van der Waals surface area contributed by atoms with Gasteiger partial charge < -0.3 is 10.6 Å². The highest BCUT2D eigenvalue weighted by molar-refractivity contribution is 9.10. The van der Waals surface area contributed by atoms with Crippen LogP contribution in [0.15, 0.2) is 22.7 Å². The molecule has 0 bridgehead atoms. The molecule has 0 unspecified atom stereocenters. The van der Waals surface area contributed by atoms with E-state index in [1.54, 1.807) is 0 Å². The van der Waals surface area contributed by atoms with Crippen molar-refractivity contribution in [1.82, 2.24) is 10.2 Å². The minimum Gasteiger partial charge on any atom is -0.346 e. The summed E-state index contributed by atoms with van der Waals surface area (Å²) in [5.41, 5.74) is 1.75. The van der Waals surface area contributed by atoms with Crippen LogP contribution >= 0.6 is 15.9 Å². The number of likely N-dealkylation sites (tertiary alicyclic amines) is 1. The van der Waals surface area contributed by atoms with Crippen LogP contribution in [0.25, 0.3) is 0 Å². The van der Waals surface area contributed by atoms with Gasteiger partial charge in [0.2, 0.25) is 11.8 Å². The number of hydrogen-bond acceptors (Lipinski definition) is 3. The monoisotopic (exact) mass is 421 g/mol. The molecule has 1 aliphatic carbocycles. The van der Waals surface area contributed by atoms with E-state index < -0.39 is 0 Å². The third kappa shape index (κ3) is 5.30. The number of anilines is 1. The van der Waals surface area contributed by atoms with Gasteiger partial charge in [0.25, 0.3) is 0 Å². The number of halogens is 1. The molecule has 0 radical (unpaired) electrons. The van der Waals surface area contributed by atoms with E-state index in [-0.39, 0.29) is 18.4 Å². The average Bonchev–Trinajstić information content (AvgIpc) is 2.62. The summed E-state index contributed by atoms with van der Waals surface area (Å²) in [7, 11) is 0. The highest BCUT2D eigenvalue weighted by Crippen LogP contribution is 2.35. The second-order valence-corrected chi connectivity index (χ2v) is 8.53. The molecule has 2 fully saturated rings. The number of aryl methyl sites for hydroxylation is 1. The van der Waals surface area contributed by atoms with Crippen molar-refractivity contribution in [3.05, 3.63) is 28.2 Å². The van der Waals surface area contributed by atoms with Crippen molar-refractivity contribution in [2.24, 2.45) is 11.8 Å². The highest BCUT2D eigenvalue weighted by atomic mass is 79.9. The number of hydrogen-bond donors (Lipinski definition) is 2. The van der Waals surface area contributed by atoms with Gasteiger partial charge in [0.05, 0.1) is 13.1 Å². The van der Waals surface area contributed by atoms with E-state index in [4.69, 9.17) is 0 Å². The van der Waals surface area contributed by atoms with Crippen molar-refractivity contribution in [2.45, 2.75) is 39.0 Å². The number of carbonyl (C=O) groups excluding carboxylic acids is 2. The highest BCUT2D eigenvalue weighted by Gasteiger charge is 2.31. The van der Waals surface area contributed by atoms with Crippen LogP contribution in [0.3, 0.4) is 0 Å². The second kappa shape index (κ2) is 9.00. The van der Waals surface area contributed by atoms with Crippen LogP contribution in [0, 0.1) is 18.8 Å². The molecular formula is C20H28BrN3O2. The smallest absolute Gasteiger partial charge is 0.243 e. The van der Waals surface area contributed by atoms with Crippen molar-refractivity contribution >= 4 is 33.4 Å². The summed E-state index contributed by atoms with van der Waals surface area (Å²) >= 11 is 3.41. The largest absolute Gasteiger partial charge is 0.346 e. The fourth-order valence-corrected chi connectivity index (χ4v) is 4.69. The van der Waals surface area contributed by atoms with Crippen LogP contribution in [-0.4, -0.2) is 42.9 Å². The lowest BCUT2D eigenvalue weighted by Gasteiger charge is -2.41. The quantitative estimate of drug-likeness (QED) is 0.766. The lowest BCUT2D eigenvalue weighted by molar-refractivity contribution is -0.125. The van der Waals surface area contributed by atoms with Crippen LogP contribution < -0.4 is 10.6 Å². The molecule has 2 aliphatic rings. The maximum atomic E-state index is 12.2. The van der Waals surface area contributed by atoms with Crippen molar-refractivity contribution in [2.75, 3.05) is 31.5 Å². The van der Waals surface area contributed by atoms with E-state index in [1.807, 2.05) is 25.1 Å². The Morgan fingerprint density at radius 3 is 2.69 bits per heavy atom. The van der Waals surface area contributed by atoms with E-state index >= 15 is 0 Å². The Morgan fingerprint density at radius 2 is 1.92 bits per heavy atom. The number of nitrogens with one attached hydrogen (secondary N) is 2. The summed E-state index contributed by atoms with van der Waals surface area (Å²) in [5, 5.41) is 5.60. The summed E-state index contributed by atoms with van der Waals surface area (Å²) in [6.07, 6.45) is 6.57. The fraction of sp³-hybridized carbons (Fsp3) is 0.600. The van der Waals surface area contributed by atoms with Gasteiger partial charge in [-0.15, -0.1) is 0 Å². The zero-order valence-corrected chi connectivity index (χ0v) is 17.0. The van der Waals surface area contributed by atoms with Gasteiger partial charge in [-0.05, 0) is 61.9 Å². The van der Waals surface area contributed by atoms with E-state index in [9.17, 15) is 9.59 Å². The zero-order chi connectivity index (χ0) is 18.5. The summed E-state index contributed by atoms with van der Waals surface area (Å²) in [5.74, 6) is 1.36. The van der Waals surface area contributed by atoms with Crippen molar-refractivity contribution in [3.8, 4) is 0 Å². The SMILES string of the molecule is Cc1cc(Br)ccc1NC(=O)CNC(=O)CN1CC[C@@H]2CCCC[C@@H]2C1. The fourth-order valence-electron chi connectivity index (χ4n) is 4.22. The molecular weight excluding hydrogens is 394 g/mol. The molecule has 1 heterocycles. The second-order valence-electron chi connectivity index (χ2n) is 7.61. The summed E-state index contributed by atoms with van der Waals surface area (Å²) in [6.45, 7) is 4.37. The van der Waals surface area contributed by atoms with Gasteiger partial charge in [0.1, 0.15) is 0 Å². The number of nitrogens with zero attached hydrogens (tertiary/aromatic N) is 1. The molecule has 2 amide bonds. The molecule has 0 spiro atoms. The Labute approximate surface area is 164 Å². The van der Waals surface area contributed by atoms with Crippen LogP contribution in [0.5, 0.6) is 0 Å². The Morgan fingerprint density at radius 1 is 1.15 bits per heavy atom.